The molecule has 17 heavy (non-hydrogen) atoms. The Kier molecular flexibility index (Phi) is 3.79. The molecule has 0 radical (unpaired) electrons. The van der Waals surface area contributed by atoms with Crippen molar-refractivity contribution in [2.24, 2.45) is 0 Å². The van der Waals surface area contributed by atoms with Crippen LogP contribution in [0, 0.1) is 0 Å². The molecule has 1 aliphatic rings. The van der Waals surface area contributed by atoms with Gasteiger partial charge >= 0.3 is 0 Å². The minimum atomic E-state index is 0.475. The van der Waals surface area contributed by atoms with E-state index in [0.717, 1.165) is 24.5 Å². The number of ether oxygens (including phenoxy) is 1. The molecular weight excluding hydrogens is 236 g/mol. The van der Waals surface area contributed by atoms with Crippen molar-refractivity contribution in [1.29, 1.82) is 0 Å². The van der Waals surface area contributed by atoms with Crippen LogP contribution in [0.3, 0.4) is 0 Å². The predicted molar refractivity (Wildman–Crippen MR) is 72.3 cm³/mol. The van der Waals surface area contributed by atoms with Crippen molar-refractivity contribution >= 4 is 17.3 Å². The van der Waals surface area contributed by atoms with E-state index < -0.39 is 0 Å². The number of halogens is 1. The quantitative estimate of drug-likeness (QED) is 0.878. The molecule has 0 aliphatic carbocycles. The maximum atomic E-state index is 6.18. The van der Waals surface area contributed by atoms with E-state index in [9.17, 15) is 0 Å². The SMILES string of the molecule is COc1ccc(N2C(C)CNCC2C)cc1Cl. The highest BCUT2D eigenvalue weighted by atomic mass is 35.5. The molecule has 1 aromatic rings. The summed E-state index contributed by atoms with van der Waals surface area (Å²) in [5.74, 6) is 0.728. The predicted octanol–water partition coefficient (Wildman–Crippen LogP) is 2.54. The molecule has 1 saturated heterocycles. The molecule has 1 N–H and O–H groups in total. The van der Waals surface area contributed by atoms with Crippen molar-refractivity contribution in [2.75, 3.05) is 25.1 Å². The van der Waals surface area contributed by atoms with Crippen molar-refractivity contribution in [3.05, 3.63) is 23.2 Å². The number of methoxy groups -OCH3 is 1. The second-order valence-corrected chi connectivity index (χ2v) is 4.99. The van der Waals surface area contributed by atoms with Crippen LogP contribution in [0.15, 0.2) is 18.2 Å². The molecule has 2 unspecified atom stereocenters. The summed E-state index contributed by atoms with van der Waals surface area (Å²) in [5.41, 5.74) is 1.16. The van der Waals surface area contributed by atoms with Gasteiger partial charge in [0.2, 0.25) is 0 Å². The topological polar surface area (TPSA) is 24.5 Å². The minimum absolute atomic E-state index is 0.475. The van der Waals surface area contributed by atoms with Gasteiger partial charge in [-0.05, 0) is 32.0 Å². The van der Waals surface area contributed by atoms with Crippen molar-refractivity contribution in [1.82, 2.24) is 5.32 Å². The monoisotopic (exact) mass is 254 g/mol. The maximum absolute atomic E-state index is 6.18. The summed E-state index contributed by atoms with van der Waals surface area (Å²) in [5, 5.41) is 4.09. The van der Waals surface area contributed by atoms with Crippen molar-refractivity contribution in [2.45, 2.75) is 25.9 Å². The Morgan fingerprint density at radius 3 is 2.47 bits per heavy atom. The van der Waals surface area contributed by atoms with E-state index in [2.05, 4.69) is 30.1 Å². The fourth-order valence-corrected chi connectivity index (χ4v) is 2.71. The molecule has 0 saturated carbocycles. The summed E-state index contributed by atoms with van der Waals surface area (Å²) in [7, 11) is 1.64. The van der Waals surface area contributed by atoms with E-state index in [1.807, 2.05) is 12.1 Å². The smallest absolute Gasteiger partial charge is 0.137 e. The first-order valence-electron chi connectivity index (χ1n) is 5.96. The first-order valence-corrected chi connectivity index (χ1v) is 6.34. The number of rotatable bonds is 2. The van der Waals surface area contributed by atoms with Gasteiger partial charge in [0.05, 0.1) is 12.1 Å². The fourth-order valence-electron chi connectivity index (χ4n) is 2.46. The van der Waals surface area contributed by atoms with Crippen molar-refractivity contribution < 1.29 is 4.74 Å². The molecule has 0 bridgehead atoms. The molecule has 4 heteroatoms. The number of anilines is 1. The van der Waals surface area contributed by atoms with Gasteiger partial charge in [-0.15, -0.1) is 0 Å². The summed E-state index contributed by atoms with van der Waals surface area (Å²) in [6.45, 7) is 6.46. The van der Waals surface area contributed by atoms with E-state index in [0.29, 0.717) is 17.1 Å². The van der Waals surface area contributed by atoms with Crippen LogP contribution in [0.25, 0.3) is 0 Å². The van der Waals surface area contributed by atoms with Gasteiger partial charge in [0, 0.05) is 30.9 Å². The summed E-state index contributed by atoms with van der Waals surface area (Å²) < 4.78 is 5.18. The van der Waals surface area contributed by atoms with Gasteiger partial charge in [-0.25, -0.2) is 0 Å². The van der Waals surface area contributed by atoms with E-state index in [-0.39, 0.29) is 0 Å². The lowest BCUT2D eigenvalue weighted by Gasteiger charge is -2.41. The zero-order chi connectivity index (χ0) is 12.4. The number of piperazine rings is 1. The van der Waals surface area contributed by atoms with E-state index in [4.69, 9.17) is 16.3 Å². The second-order valence-electron chi connectivity index (χ2n) is 4.58. The summed E-state index contributed by atoms with van der Waals surface area (Å²) >= 11 is 6.18. The van der Waals surface area contributed by atoms with Gasteiger partial charge in [0.15, 0.2) is 0 Å². The van der Waals surface area contributed by atoms with Crippen LogP contribution in [-0.2, 0) is 0 Å². The molecule has 0 spiro atoms. The number of nitrogens with zero attached hydrogens (tertiary/aromatic N) is 1. The Labute approximate surface area is 108 Å². The van der Waals surface area contributed by atoms with Gasteiger partial charge < -0.3 is 15.0 Å². The highest BCUT2D eigenvalue weighted by molar-refractivity contribution is 6.32. The van der Waals surface area contributed by atoms with Crippen LogP contribution in [0.5, 0.6) is 5.75 Å². The zero-order valence-corrected chi connectivity index (χ0v) is 11.3. The number of nitrogens with one attached hydrogen (secondary N) is 1. The Bertz CT molecular complexity index is 387. The highest BCUT2D eigenvalue weighted by Crippen LogP contribution is 2.31. The molecule has 0 aromatic heterocycles. The van der Waals surface area contributed by atoms with Crippen LogP contribution < -0.4 is 15.0 Å². The van der Waals surface area contributed by atoms with E-state index in [1.54, 1.807) is 7.11 Å². The van der Waals surface area contributed by atoms with Gasteiger partial charge in [0.1, 0.15) is 5.75 Å². The van der Waals surface area contributed by atoms with Gasteiger partial charge in [-0.3, -0.25) is 0 Å². The Morgan fingerprint density at radius 2 is 1.94 bits per heavy atom. The van der Waals surface area contributed by atoms with Gasteiger partial charge in [0.25, 0.3) is 0 Å². The Morgan fingerprint density at radius 1 is 1.29 bits per heavy atom. The average Bonchev–Trinajstić information content (AvgIpc) is 2.29. The van der Waals surface area contributed by atoms with E-state index >= 15 is 0 Å². The van der Waals surface area contributed by atoms with Crippen LogP contribution in [0.2, 0.25) is 5.02 Å². The standard InChI is InChI=1S/C13H19ClN2O/c1-9-7-15-8-10(2)16(9)11-4-5-13(17-3)12(14)6-11/h4-6,9-10,15H,7-8H2,1-3H3. The largest absolute Gasteiger partial charge is 0.495 e. The zero-order valence-electron chi connectivity index (χ0n) is 10.5. The first kappa shape index (κ1) is 12.5. The molecule has 1 aliphatic heterocycles. The van der Waals surface area contributed by atoms with Gasteiger partial charge in [-0.2, -0.15) is 0 Å². The van der Waals surface area contributed by atoms with Crippen LogP contribution in [0.1, 0.15) is 13.8 Å². The summed E-state index contributed by atoms with van der Waals surface area (Å²) in [4.78, 5) is 2.40. The molecule has 1 fully saturated rings. The minimum Gasteiger partial charge on any atom is -0.495 e. The first-order chi connectivity index (χ1) is 8.13. The molecular formula is C13H19ClN2O. The lowest BCUT2D eigenvalue weighted by Crippen LogP contribution is -2.55. The third kappa shape index (κ3) is 2.50. The number of hydrogen-bond acceptors (Lipinski definition) is 3. The molecule has 94 valence electrons. The number of hydrogen-bond donors (Lipinski definition) is 1. The van der Waals surface area contributed by atoms with Gasteiger partial charge in [-0.1, -0.05) is 11.6 Å². The Hall–Kier alpha value is -0.930. The lowest BCUT2D eigenvalue weighted by molar-refractivity contribution is 0.413. The van der Waals surface area contributed by atoms with Crippen LogP contribution >= 0.6 is 11.6 Å². The molecule has 1 heterocycles. The molecule has 2 atom stereocenters. The fraction of sp³-hybridized carbons (Fsp3) is 0.538. The van der Waals surface area contributed by atoms with E-state index in [1.165, 1.54) is 0 Å². The molecule has 2 rings (SSSR count). The van der Waals surface area contributed by atoms with Crippen LogP contribution in [-0.4, -0.2) is 32.3 Å². The maximum Gasteiger partial charge on any atom is 0.137 e. The summed E-state index contributed by atoms with van der Waals surface area (Å²) in [6.07, 6.45) is 0. The molecule has 1 aromatic carbocycles. The third-order valence-electron chi connectivity index (χ3n) is 3.26. The molecule has 3 nitrogen and oxygen atoms in total. The molecule has 0 amide bonds. The average molecular weight is 255 g/mol. The van der Waals surface area contributed by atoms with Crippen LogP contribution in [0.4, 0.5) is 5.69 Å². The third-order valence-corrected chi connectivity index (χ3v) is 3.56. The summed E-state index contributed by atoms with van der Waals surface area (Å²) in [6, 6.07) is 6.94. The second kappa shape index (κ2) is 5.15. The number of benzene rings is 1. The normalized spacial score (nSPS) is 24.8. The van der Waals surface area contributed by atoms with Crippen molar-refractivity contribution in [3.63, 3.8) is 0 Å². The lowest BCUT2D eigenvalue weighted by atomic mass is 10.1. The van der Waals surface area contributed by atoms with Crippen molar-refractivity contribution in [3.8, 4) is 5.75 Å². The Balaban J connectivity index is 2.29. The highest BCUT2D eigenvalue weighted by Gasteiger charge is 2.24.